The lowest BCUT2D eigenvalue weighted by atomic mass is 10.0. The van der Waals surface area contributed by atoms with Gasteiger partial charge in [0, 0.05) is 30.9 Å². The van der Waals surface area contributed by atoms with Crippen molar-refractivity contribution >= 4 is 23.5 Å². The lowest BCUT2D eigenvalue weighted by molar-refractivity contribution is -0.138. The first kappa shape index (κ1) is 17.9. The minimum atomic E-state index is -1.10. The summed E-state index contributed by atoms with van der Waals surface area (Å²) in [5.74, 6) is -1.18. The Labute approximate surface area is 140 Å². The van der Waals surface area contributed by atoms with Crippen molar-refractivity contribution in [3.8, 4) is 0 Å². The van der Waals surface area contributed by atoms with Crippen LogP contribution >= 0.6 is 0 Å². The maximum atomic E-state index is 11.9. The van der Waals surface area contributed by atoms with Crippen LogP contribution in [-0.2, 0) is 14.3 Å². The SMILES string of the molecule is CC(NC(=O)c1ccc(NC(=O)CCC2CCOC2)cc1)C(=O)O. The van der Waals surface area contributed by atoms with Gasteiger partial charge in [0.2, 0.25) is 5.91 Å². The lowest BCUT2D eigenvalue weighted by Crippen LogP contribution is -2.38. The predicted octanol–water partition coefficient (Wildman–Crippen LogP) is 1.64. The van der Waals surface area contributed by atoms with Crippen LogP contribution in [-0.4, -0.2) is 42.1 Å². The number of carbonyl (C=O) groups is 3. The molecule has 2 amide bonds. The van der Waals surface area contributed by atoms with Gasteiger partial charge < -0.3 is 20.5 Å². The van der Waals surface area contributed by atoms with E-state index >= 15 is 0 Å². The fourth-order valence-electron chi connectivity index (χ4n) is 2.42. The molecule has 2 rings (SSSR count). The van der Waals surface area contributed by atoms with Crippen molar-refractivity contribution in [1.82, 2.24) is 5.32 Å². The van der Waals surface area contributed by atoms with Crippen LogP contribution < -0.4 is 10.6 Å². The second kappa shape index (κ2) is 8.44. The average molecular weight is 334 g/mol. The number of rotatable bonds is 7. The molecule has 1 aromatic rings. The highest BCUT2D eigenvalue weighted by molar-refractivity contribution is 5.97. The highest BCUT2D eigenvalue weighted by Gasteiger charge is 2.17. The molecule has 2 atom stereocenters. The molecule has 0 aromatic heterocycles. The minimum Gasteiger partial charge on any atom is -0.480 e. The minimum absolute atomic E-state index is 0.0707. The molecule has 1 aromatic carbocycles. The van der Waals surface area contributed by atoms with Crippen molar-refractivity contribution in [2.24, 2.45) is 5.92 Å². The maximum absolute atomic E-state index is 11.9. The molecule has 0 radical (unpaired) electrons. The van der Waals surface area contributed by atoms with Gasteiger partial charge in [-0.2, -0.15) is 0 Å². The van der Waals surface area contributed by atoms with Gasteiger partial charge >= 0.3 is 5.97 Å². The van der Waals surface area contributed by atoms with E-state index in [1.165, 1.54) is 6.92 Å². The number of hydrogen-bond donors (Lipinski definition) is 3. The molecular weight excluding hydrogens is 312 g/mol. The number of benzene rings is 1. The fourth-order valence-corrected chi connectivity index (χ4v) is 2.42. The molecule has 1 fully saturated rings. The van der Waals surface area contributed by atoms with Gasteiger partial charge in [-0.3, -0.25) is 14.4 Å². The van der Waals surface area contributed by atoms with Gasteiger partial charge in [-0.1, -0.05) is 0 Å². The van der Waals surface area contributed by atoms with Gasteiger partial charge in [0.05, 0.1) is 0 Å². The largest absolute Gasteiger partial charge is 0.480 e. The number of nitrogens with one attached hydrogen (secondary N) is 2. The Morgan fingerprint density at radius 3 is 2.58 bits per heavy atom. The average Bonchev–Trinajstić information content (AvgIpc) is 3.07. The third-order valence-electron chi connectivity index (χ3n) is 3.95. The van der Waals surface area contributed by atoms with Crippen molar-refractivity contribution in [3.05, 3.63) is 29.8 Å². The zero-order valence-electron chi connectivity index (χ0n) is 13.6. The molecule has 0 spiro atoms. The topological polar surface area (TPSA) is 105 Å². The second-order valence-corrected chi connectivity index (χ2v) is 5.93. The van der Waals surface area contributed by atoms with Gasteiger partial charge in [-0.25, -0.2) is 0 Å². The zero-order valence-corrected chi connectivity index (χ0v) is 13.6. The molecule has 1 heterocycles. The highest BCUT2D eigenvalue weighted by atomic mass is 16.5. The second-order valence-electron chi connectivity index (χ2n) is 5.93. The molecule has 0 aliphatic carbocycles. The molecule has 3 N–H and O–H groups in total. The number of anilines is 1. The summed E-state index contributed by atoms with van der Waals surface area (Å²) in [5.41, 5.74) is 0.940. The van der Waals surface area contributed by atoms with E-state index in [-0.39, 0.29) is 5.91 Å². The lowest BCUT2D eigenvalue weighted by Gasteiger charge is -2.10. The monoisotopic (exact) mass is 334 g/mol. The summed E-state index contributed by atoms with van der Waals surface area (Å²) in [5, 5.41) is 13.9. The molecule has 24 heavy (non-hydrogen) atoms. The number of amides is 2. The van der Waals surface area contributed by atoms with Crippen molar-refractivity contribution < 1.29 is 24.2 Å². The van der Waals surface area contributed by atoms with Gasteiger partial charge in [-0.05, 0) is 49.9 Å². The van der Waals surface area contributed by atoms with Gasteiger partial charge in [0.15, 0.2) is 0 Å². The van der Waals surface area contributed by atoms with Crippen molar-refractivity contribution in [1.29, 1.82) is 0 Å². The quantitative estimate of drug-likeness (QED) is 0.703. The van der Waals surface area contributed by atoms with E-state index in [9.17, 15) is 14.4 Å². The molecule has 7 nitrogen and oxygen atoms in total. The third-order valence-corrected chi connectivity index (χ3v) is 3.95. The smallest absolute Gasteiger partial charge is 0.325 e. The molecule has 7 heteroatoms. The maximum Gasteiger partial charge on any atom is 0.325 e. The molecule has 1 aliphatic heterocycles. The third kappa shape index (κ3) is 5.34. The molecule has 1 aliphatic rings. The Kier molecular flexibility index (Phi) is 6.31. The van der Waals surface area contributed by atoms with E-state index in [0.717, 1.165) is 26.1 Å². The van der Waals surface area contributed by atoms with Crippen LogP contribution in [0.3, 0.4) is 0 Å². The first-order valence-electron chi connectivity index (χ1n) is 7.97. The van der Waals surface area contributed by atoms with E-state index in [1.54, 1.807) is 24.3 Å². The number of hydrogen-bond acceptors (Lipinski definition) is 4. The van der Waals surface area contributed by atoms with Crippen LogP contribution in [0.4, 0.5) is 5.69 Å². The standard InChI is InChI=1S/C17H22N2O5/c1-11(17(22)23)18-16(21)13-3-5-14(6-4-13)19-15(20)7-2-12-8-9-24-10-12/h3-6,11-12H,2,7-10H2,1H3,(H,18,21)(H,19,20)(H,22,23). The van der Waals surface area contributed by atoms with Crippen molar-refractivity contribution in [3.63, 3.8) is 0 Å². The van der Waals surface area contributed by atoms with Crippen LogP contribution in [0.1, 0.15) is 36.5 Å². The molecule has 2 unspecified atom stereocenters. The van der Waals surface area contributed by atoms with E-state index < -0.39 is 17.9 Å². The number of carbonyl (C=O) groups excluding carboxylic acids is 2. The van der Waals surface area contributed by atoms with Crippen LogP contribution in [0.25, 0.3) is 0 Å². The van der Waals surface area contributed by atoms with Crippen LogP contribution in [0, 0.1) is 5.92 Å². The van der Waals surface area contributed by atoms with Gasteiger partial charge in [0.1, 0.15) is 6.04 Å². The summed E-state index contributed by atoms with van der Waals surface area (Å²) in [4.78, 5) is 34.5. The van der Waals surface area contributed by atoms with E-state index in [2.05, 4.69) is 10.6 Å². The number of carboxylic acid groups (broad SMARTS) is 1. The molecule has 0 bridgehead atoms. The molecular formula is C17H22N2O5. The van der Waals surface area contributed by atoms with Crippen molar-refractivity contribution in [2.45, 2.75) is 32.2 Å². The van der Waals surface area contributed by atoms with Crippen LogP contribution in [0.5, 0.6) is 0 Å². The first-order chi connectivity index (χ1) is 11.5. The Hall–Kier alpha value is -2.41. The van der Waals surface area contributed by atoms with E-state index in [0.29, 0.717) is 23.6 Å². The highest BCUT2D eigenvalue weighted by Crippen LogP contribution is 2.18. The number of carboxylic acids is 1. The van der Waals surface area contributed by atoms with Gasteiger partial charge in [0.25, 0.3) is 5.91 Å². The van der Waals surface area contributed by atoms with Crippen molar-refractivity contribution in [2.75, 3.05) is 18.5 Å². The fraction of sp³-hybridized carbons (Fsp3) is 0.471. The van der Waals surface area contributed by atoms with Crippen LogP contribution in [0.15, 0.2) is 24.3 Å². The van der Waals surface area contributed by atoms with Gasteiger partial charge in [-0.15, -0.1) is 0 Å². The van der Waals surface area contributed by atoms with E-state index in [1.807, 2.05) is 0 Å². The summed E-state index contributed by atoms with van der Waals surface area (Å²) in [6.07, 6.45) is 2.25. The summed E-state index contributed by atoms with van der Waals surface area (Å²) >= 11 is 0. The molecule has 1 saturated heterocycles. The predicted molar refractivity (Wildman–Crippen MR) is 87.8 cm³/mol. The summed E-state index contributed by atoms with van der Waals surface area (Å²) in [6.45, 7) is 2.90. The van der Waals surface area contributed by atoms with Crippen LogP contribution in [0.2, 0.25) is 0 Å². The zero-order chi connectivity index (χ0) is 17.5. The molecule has 130 valence electrons. The summed E-state index contributed by atoms with van der Waals surface area (Å²) in [6, 6.07) is 5.37. The number of ether oxygens (including phenoxy) is 1. The Morgan fingerprint density at radius 1 is 1.29 bits per heavy atom. The Morgan fingerprint density at radius 2 is 2.00 bits per heavy atom. The molecule has 0 saturated carbocycles. The normalized spacial score (nSPS) is 18.0. The Balaban J connectivity index is 1.81. The Bertz CT molecular complexity index is 594. The first-order valence-corrected chi connectivity index (χ1v) is 7.97. The summed E-state index contributed by atoms with van der Waals surface area (Å²) in [7, 11) is 0. The summed E-state index contributed by atoms with van der Waals surface area (Å²) < 4.78 is 5.28. The van der Waals surface area contributed by atoms with E-state index in [4.69, 9.17) is 9.84 Å². The number of aliphatic carboxylic acids is 1.